The number of carbonyl (C=O) groups excluding carboxylic acids is 1. The van der Waals surface area contributed by atoms with Crippen LogP contribution >= 0.6 is 11.3 Å². The van der Waals surface area contributed by atoms with Crippen molar-refractivity contribution < 1.29 is 4.79 Å². The van der Waals surface area contributed by atoms with E-state index in [1.165, 1.54) is 26.0 Å². The smallest absolute Gasteiger partial charge is 0.341 e. The van der Waals surface area contributed by atoms with Gasteiger partial charge < -0.3 is 4.90 Å². The van der Waals surface area contributed by atoms with Crippen molar-refractivity contribution >= 4 is 33.2 Å². The van der Waals surface area contributed by atoms with Crippen LogP contribution in [0.25, 0.3) is 16.0 Å². The first-order valence-corrected chi connectivity index (χ1v) is 12.7. The number of nitrogens with zero attached hydrogens (tertiary/aromatic N) is 5. The van der Waals surface area contributed by atoms with E-state index in [4.69, 9.17) is 0 Å². The van der Waals surface area contributed by atoms with Gasteiger partial charge in [-0.25, -0.2) is 13.9 Å². The maximum atomic E-state index is 13.2. The largest absolute Gasteiger partial charge is 0.352 e. The molecule has 0 spiro atoms. The van der Waals surface area contributed by atoms with Crippen molar-refractivity contribution in [2.24, 2.45) is 11.8 Å². The molecule has 0 unspecified atom stereocenters. The van der Waals surface area contributed by atoms with Gasteiger partial charge in [-0.3, -0.25) is 14.2 Å². The van der Waals surface area contributed by atoms with Gasteiger partial charge in [0.25, 0.3) is 5.56 Å². The number of likely N-dealkylation sites (tertiary alicyclic amines) is 1. The first kappa shape index (κ1) is 22.6. The molecule has 4 aromatic rings. The third-order valence-electron chi connectivity index (χ3n) is 6.56. The normalized spacial score (nSPS) is 15.1. The van der Waals surface area contributed by atoms with Crippen LogP contribution in [-0.4, -0.2) is 42.6 Å². The zero-order chi connectivity index (χ0) is 23.8. The lowest BCUT2D eigenvalue weighted by molar-refractivity contribution is -0.133. The van der Waals surface area contributed by atoms with E-state index in [9.17, 15) is 14.4 Å². The summed E-state index contributed by atoms with van der Waals surface area (Å²) in [6, 6.07) is 12.2. The van der Waals surface area contributed by atoms with Gasteiger partial charge in [-0.15, -0.1) is 16.4 Å². The maximum Gasteiger partial charge on any atom is 0.352 e. The molecule has 1 aliphatic rings. The summed E-state index contributed by atoms with van der Waals surface area (Å²) in [6.07, 6.45) is 2.92. The minimum absolute atomic E-state index is 0.108. The molecule has 0 atom stereocenters. The Morgan fingerprint density at radius 1 is 1.12 bits per heavy atom. The molecule has 1 aromatic carbocycles. The Hall–Kier alpha value is -3.20. The molecule has 1 amide bonds. The number of hydrogen-bond donors (Lipinski definition) is 0. The van der Waals surface area contributed by atoms with E-state index >= 15 is 0 Å². The molecule has 0 aliphatic carbocycles. The van der Waals surface area contributed by atoms with Crippen molar-refractivity contribution in [2.45, 2.75) is 46.2 Å². The third kappa shape index (κ3) is 4.20. The van der Waals surface area contributed by atoms with Crippen molar-refractivity contribution in [1.82, 2.24) is 23.6 Å². The summed E-state index contributed by atoms with van der Waals surface area (Å²) in [5, 5.41) is 6.25. The van der Waals surface area contributed by atoms with Crippen LogP contribution in [0.15, 0.2) is 51.4 Å². The number of carbonyl (C=O) groups is 1. The molecule has 4 heterocycles. The van der Waals surface area contributed by atoms with Crippen molar-refractivity contribution in [3.63, 3.8) is 0 Å². The summed E-state index contributed by atoms with van der Waals surface area (Å²) in [5.41, 5.74) is 1.35. The van der Waals surface area contributed by atoms with Crippen molar-refractivity contribution in [3.05, 3.63) is 68.2 Å². The molecule has 34 heavy (non-hydrogen) atoms. The number of thiophene rings is 1. The summed E-state index contributed by atoms with van der Waals surface area (Å²) < 4.78 is 4.76. The van der Waals surface area contributed by atoms with E-state index in [-0.39, 0.29) is 29.6 Å². The molecule has 0 radical (unpaired) electrons. The highest BCUT2D eigenvalue weighted by Crippen LogP contribution is 2.22. The summed E-state index contributed by atoms with van der Waals surface area (Å²) in [6.45, 7) is 5.74. The maximum absolute atomic E-state index is 13.2. The van der Waals surface area contributed by atoms with Gasteiger partial charge >= 0.3 is 5.69 Å². The Labute approximate surface area is 201 Å². The fourth-order valence-electron chi connectivity index (χ4n) is 4.83. The van der Waals surface area contributed by atoms with Gasteiger partial charge in [0.15, 0.2) is 0 Å². The third-order valence-corrected chi connectivity index (χ3v) is 7.45. The molecule has 5 rings (SSSR count). The molecule has 8 nitrogen and oxygen atoms in total. The Kier molecular flexibility index (Phi) is 6.12. The Morgan fingerprint density at radius 2 is 1.85 bits per heavy atom. The standard InChI is InChI=1S/C25H29N5O3S/c1-17(2)15-28-23(32)22-20(10-13-34-22)30-24(28)26-29(25(30)33)16-21(31)27-11-8-19(9-12-27)14-18-6-4-3-5-7-18/h3-7,10,13,17,19H,8-9,11-12,14-16H2,1-2H3. The number of piperidine rings is 1. The van der Waals surface area contributed by atoms with Gasteiger partial charge in [0.1, 0.15) is 11.2 Å². The number of rotatable bonds is 6. The van der Waals surface area contributed by atoms with Gasteiger partial charge in [0, 0.05) is 19.6 Å². The molecule has 1 saturated heterocycles. The first-order valence-electron chi connectivity index (χ1n) is 11.8. The summed E-state index contributed by atoms with van der Waals surface area (Å²) in [5.74, 6) is 0.951. The van der Waals surface area contributed by atoms with Crippen LogP contribution in [0, 0.1) is 11.8 Å². The lowest BCUT2D eigenvalue weighted by Gasteiger charge is -2.32. The van der Waals surface area contributed by atoms with E-state index < -0.39 is 0 Å². The number of hydrogen-bond acceptors (Lipinski definition) is 5. The number of amides is 1. The van der Waals surface area contributed by atoms with E-state index in [2.05, 4.69) is 29.4 Å². The zero-order valence-electron chi connectivity index (χ0n) is 19.5. The first-order chi connectivity index (χ1) is 16.4. The lowest BCUT2D eigenvalue weighted by Crippen LogP contribution is -2.42. The van der Waals surface area contributed by atoms with Gasteiger partial charge in [-0.1, -0.05) is 44.2 Å². The molecular weight excluding hydrogens is 450 g/mol. The van der Waals surface area contributed by atoms with Crippen LogP contribution in [0.5, 0.6) is 0 Å². The number of aromatic nitrogens is 4. The van der Waals surface area contributed by atoms with Crippen LogP contribution in [0.2, 0.25) is 0 Å². The summed E-state index contributed by atoms with van der Waals surface area (Å²) in [4.78, 5) is 41.2. The Bertz CT molecular complexity index is 1440. The average Bonchev–Trinajstić information content (AvgIpc) is 3.43. The monoisotopic (exact) mass is 479 g/mol. The lowest BCUT2D eigenvalue weighted by atomic mass is 9.90. The van der Waals surface area contributed by atoms with E-state index in [1.807, 2.05) is 24.8 Å². The molecule has 178 valence electrons. The van der Waals surface area contributed by atoms with Crippen LogP contribution < -0.4 is 11.2 Å². The SMILES string of the molecule is CC(C)Cn1c(=O)c2sccc2n2c(=O)n(CC(=O)N3CCC(Cc4ccccc4)CC3)nc12. The molecule has 0 bridgehead atoms. The second-order valence-electron chi connectivity index (χ2n) is 9.53. The highest BCUT2D eigenvalue weighted by atomic mass is 32.1. The average molecular weight is 480 g/mol. The molecule has 1 aliphatic heterocycles. The zero-order valence-corrected chi connectivity index (χ0v) is 20.3. The second-order valence-corrected chi connectivity index (χ2v) is 10.5. The minimum Gasteiger partial charge on any atom is -0.341 e. The molecule has 9 heteroatoms. The van der Waals surface area contributed by atoms with Gasteiger partial charge in [-0.05, 0) is 48.1 Å². The van der Waals surface area contributed by atoms with E-state index in [1.54, 1.807) is 16.0 Å². The van der Waals surface area contributed by atoms with Crippen molar-refractivity contribution in [3.8, 4) is 0 Å². The Morgan fingerprint density at radius 3 is 2.56 bits per heavy atom. The molecule has 0 N–H and O–H groups in total. The van der Waals surface area contributed by atoms with Gasteiger partial charge in [0.05, 0.1) is 5.52 Å². The van der Waals surface area contributed by atoms with Gasteiger partial charge in [0.2, 0.25) is 11.7 Å². The number of benzene rings is 1. The predicted molar refractivity (Wildman–Crippen MR) is 133 cm³/mol. The minimum atomic E-state index is -0.386. The van der Waals surface area contributed by atoms with E-state index in [0.717, 1.165) is 19.3 Å². The molecular formula is C25H29N5O3S. The fraction of sp³-hybridized carbons (Fsp3) is 0.440. The topological polar surface area (TPSA) is 81.6 Å². The molecule has 1 fully saturated rings. The molecule has 3 aromatic heterocycles. The van der Waals surface area contributed by atoms with Crippen LogP contribution in [0.3, 0.4) is 0 Å². The van der Waals surface area contributed by atoms with E-state index in [0.29, 0.717) is 41.5 Å². The van der Waals surface area contributed by atoms with Crippen LogP contribution in [0.4, 0.5) is 0 Å². The van der Waals surface area contributed by atoms with Gasteiger partial charge in [-0.2, -0.15) is 0 Å². The van der Waals surface area contributed by atoms with Crippen molar-refractivity contribution in [2.75, 3.05) is 13.1 Å². The Balaban J connectivity index is 1.36. The highest BCUT2D eigenvalue weighted by molar-refractivity contribution is 7.17. The van der Waals surface area contributed by atoms with Crippen molar-refractivity contribution in [1.29, 1.82) is 0 Å². The summed E-state index contributed by atoms with van der Waals surface area (Å²) >= 11 is 1.32. The molecule has 0 saturated carbocycles. The quantitative estimate of drug-likeness (QED) is 0.426. The number of fused-ring (bicyclic) bond motifs is 3. The predicted octanol–water partition coefficient (Wildman–Crippen LogP) is 3.01. The van der Waals surface area contributed by atoms with Crippen LogP contribution in [-0.2, 0) is 24.3 Å². The van der Waals surface area contributed by atoms with Crippen LogP contribution in [0.1, 0.15) is 32.3 Å². The highest BCUT2D eigenvalue weighted by Gasteiger charge is 2.25. The summed E-state index contributed by atoms with van der Waals surface area (Å²) in [7, 11) is 0. The fourth-order valence-corrected chi connectivity index (χ4v) is 5.65. The second kappa shape index (κ2) is 9.21.